The second-order valence-electron chi connectivity index (χ2n) is 6.66. The van der Waals surface area contributed by atoms with Gasteiger partial charge in [-0.2, -0.15) is 10.6 Å². The second kappa shape index (κ2) is 4.68. The first-order chi connectivity index (χ1) is 11.0. The number of rotatable bonds is 2. The number of amides is 1. The van der Waals surface area contributed by atoms with E-state index in [4.69, 9.17) is 19.7 Å². The summed E-state index contributed by atoms with van der Waals surface area (Å²) in [5.41, 5.74) is -0.817. The summed E-state index contributed by atoms with van der Waals surface area (Å²) in [6.07, 6.45) is -0.803. The van der Waals surface area contributed by atoms with E-state index in [1.807, 2.05) is 0 Å². The largest absolute Gasteiger partial charge is 0.541 e. The molecule has 24 heavy (non-hydrogen) atoms. The monoisotopic (exact) mass is 337 g/mol. The maximum absolute atomic E-state index is 12.5. The van der Waals surface area contributed by atoms with E-state index >= 15 is 0 Å². The predicted octanol–water partition coefficient (Wildman–Crippen LogP) is 1.81. The third kappa shape index (κ3) is 1.91. The molecule has 2 aromatic rings. The highest BCUT2D eigenvalue weighted by atomic mass is 16.6. The highest BCUT2D eigenvalue weighted by Crippen LogP contribution is 2.52. The van der Waals surface area contributed by atoms with Crippen molar-refractivity contribution < 1.29 is 37.6 Å². The van der Waals surface area contributed by atoms with Crippen LogP contribution in [0.5, 0.6) is 11.5 Å². The number of benzene rings is 1. The lowest BCUT2D eigenvalue weighted by Crippen LogP contribution is -2.66. The number of ether oxygens (including phenoxy) is 3. The number of quaternary nitrogens is 1. The topological polar surface area (TPSA) is 118 Å². The fourth-order valence-corrected chi connectivity index (χ4v) is 2.23. The minimum Gasteiger partial charge on any atom is -0.465 e. The normalized spacial score (nSPS) is 16.2. The SMILES string of the molecule is COC(=O)c1c2c3oc1c(OC(=O)[N+](C)(N)C(C)(C)C)c3OC2=O. The number of esters is 2. The Bertz CT molecular complexity index is 872. The molecule has 0 saturated carbocycles. The average molecular weight is 337 g/mol. The van der Waals surface area contributed by atoms with Crippen molar-refractivity contribution in [2.45, 2.75) is 26.3 Å². The molecule has 0 saturated heterocycles. The van der Waals surface area contributed by atoms with Crippen LogP contribution in [0.2, 0.25) is 0 Å². The summed E-state index contributed by atoms with van der Waals surface area (Å²) in [7, 11) is 2.64. The van der Waals surface area contributed by atoms with Crippen molar-refractivity contribution in [3.63, 3.8) is 0 Å². The van der Waals surface area contributed by atoms with Crippen LogP contribution < -0.4 is 15.3 Å². The van der Waals surface area contributed by atoms with Gasteiger partial charge < -0.3 is 18.6 Å². The third-order valence-corrected chi connectivity index (χ3v) is 4.28. The first-order valence-corrected chi connectivity index (χ1v) is 7.10. The Kier molecular flexibility index (Phi) is 3.16. The van der Waals surface area contributed by atoms with Gasteiger partial charge in [0.25, 0.3) is 0 Å². The Balaban J connectivity index is 2.06. The summed E-state index contributed by atoms with van der Waals surface area (Å²) in [5, 5.41) is 0. The smallest absolute Gasteiger partial charge is 0.465 e. The number of hydrogen-bond acceptors (Lipinski definition) is 8. The number of hydrogen-bond donors (Lipinski definition) is 1. The molecule has 0 fully saturated rings. The Morgan fingerprint density at radius 3 is 2.38 bits per heavy atom. The van der Waals surface area contributed by atoms with Gasteiger partial charge in [-0.3, -0.25) is 0 Å². The Morgan fingerprint density at radius 2 is 1.83 bits per heavy atom. The summed E-state index contributed by atoms with van der Waals surface area (Å²) in [4.78, 5) is 36.3. The van der Waals surface area contributed by atoms with Crippen LogP contribution in [-0.4, -0.2) is 42.3 Å². The van der Waals surface area contributed by atoms with E-state index in [2.05, 4.69) is 4.74 Å². The maximum Gasteiger partial charge on any atom is 0.541 e. The third-order valence-electron chi connectivity index (χ3n) is 4.28. The minimum absolute atomic E-state index is 0.0209. The Labute approximate surface area is 136 Å². The molecule has 1 aliphatic rings. The zero-order valence-corrected chi connectivity index (χ0v) is 13.9. The van der Waals surface area contributed by atoms with E-state index in [0.29, 0.717) is 0 Å². The molecule has 1 atom stereocenters. The highest BCUT2D eigenvalue weighted by molar-refractivity contribution is 6.20. The average Bonchev–Trinajstić information content (AvgIpc) is 3.08. The van der Waals surface area contributed by atoms with Gasteiger partial charge >= 0.3 is 18.0 Å². The first-order valence-electron chi connectivity index (χ1n) is 7.10. The van der Waals surface area contributed by atoms with Crippen molar-refractivity contribution in [3.05, 3.63) is 11.1 Å². The Morgan fingerprint density at radius 1 is 1.21 bits per heavy atom. The molecule has 2 bridgehead atoms. The molecule has 1 amide bonds. The summed E-state index contributed by atoms with van der Waals surface area (Å²) >= 11 is 0. The number of nitrogens with zero attached hydrogens (tertiary/aromatic N) is 1. The van der Waals surface area contributed by atoms with Crippen molar-refractivity contribution in [1.82, 2.24) is 0 Å². The number of carbonyl (C=O) groups is 3. The summed E-state index contributed by atoms with van der Waals surface area (Å²) in [6, 6.07) is 0. The van der Waals surface area contributed by atoms with Crippen LogP contribution in [0.4, 0.5) is 4.79 Å². The van der Waals surface area contributed by atoms with Crippen LogP contribution in [0.3, 0.4) is 0 Å². The fourth-order valence-electron chi connectivity index (χ4n) is 2.23. The number of carbonyl (C=O) groups excluding carboxylic acids is 3. The summed E-state index contributed by atoms with van der Waals surface area (Å²) in [6.45, 7) is 5.29. The van der Waals surface area contributed by atoms with Crippen LogP contribution in [0.15, 0.2) is 4.42 Å². The fraction of sp³-hybridized carbons (Fsp3) is 0.400. The van der Waals surface area contributed by atoms with Crippen LogP contribution in [-0.2, 0) is 4.74 Å². The predicted molar refractivity (Wildman–Crippen MR) is 79.8 cm³/mol. The molecule has 9 nitrogen and oxygen atoms in total. The van der Waals surface area contributed by atoms with Crippen LogP contribution >= 0.6 is 0 Å². The van der Waals surface area contributed by atoms with Crippen LogP contribution in [0.1, 0.15) is 41.5 Å². The van der Waals surface area contributed by atoms with Gasteiger partial charge in [0.1, 0.15) is 16.7 Å². The molecular weight excluding hydrogens is 320 g/mol. The number of furan rings is 2. The molecule has 128 valence electrons. The second-order valence-corrected chi connectivity index (χ2v) is 6.66. The lowest BCUT2D eigenvalue weighted by molar-refractivity contribution is -0.895. The van der Waals surface area contributed by atoms with Crippen LogP contribution in [0, 0.1) is 0 Å². The van der Waals surface area contributed by atoms with Gasteiger partial charge in [0, 0.05) is 0 Å². The van der Waals surface area contributed by atoms with Crippen LogP contribution in [0.25, 0.3) is 11.2 Å². The summed E-state index contributed by atoms with van der Waals surface area (Å²) < 4.78 is 19.8. The lowest BCUT2D eigenvalue weighted by Gasteiger charge is -2.35. The van der Waals surface area contributed by atoms with Gasteiger partial charge in [0.15, 0.2) is 11.2 Å². The molecule has 2 N–H and O–H groups in total. The molecule has 3 heterocycles. The van der Waals surface area contributed by atoms with E-state index in [0.717, 1.165) is 7.11 Å². The number of methoxy groups -OCH3 is 1. The van der Waals surface area contributed by atoms with Gasteiger partial charge in [-0.05, 0) is 20.8 Å². The molecule has 1 unspecified atom stereocenters. The van der Waals surface area contributed by atoms with Gasteiger partial charge in [0.05, 0.1) is 14.2 Å². The number of nitrogens with two attached hydrogens (primary N) is 1. The first kappa shape index (κ1) is 16.2. The molecule has 0 radical (unpaired) electrons. The highest BCUT2D eigenvalue weighted by Gasteiger charge is 2.48. The molecule has 0 aromatic carbocycles. The zero-order valence-electron chi connectivity index (χ0n) is 13.9. The van der Waals surface area contributed by atoms with Crippen molar-refractivity contribution in [2.75, 3.05) is 14.2 Å². The number of fused-ring (bicyclic) bond motifs is 1. The molecule has 0 aliphatic carbocycles. The zero-order chi connectivity index (χ0) is 18.0. The molecule has 9 heteroatoms. The van der Waals surface area contributed by atoms with Crippen molar-refractivity contribution in [1.29, 1.82) is 0 Å². The Hall–Kier alpha value is -2.65. The van der Waals surface area contributed by atoms with Crippen molar-refractivity contribution in [3.8, 4) is 11.5 Å². The van der Waals surface area contributed by atoms with Crippen molar-refractivity contribution >= 4 is 29.2 Å². The van der Waals surface area contributed by atoms with Crippen molar-refractivity contribution in [2.24, 2.45) is 5.84 Å². The van der Waals surface area contributed by atoms with E-state index in [-0.39, 0.29) is 33.8 Å². The quantitative estimate of drug-likeness (QED) is 0.290. The van der Waals surface area contributed by atoms with E-state index < -0.39 is 28.2 Å². The van der Waals surface area contributed by atoms with Gasteiger partial charge in [-0.25, -0.2) is 9.59 Å². The van der Waals surface area contributed by atoms with Gasteiger partial charge in [0.2, 0.25) is 11.5 Å². The molecule has 1 aliphatic heterocycles. The van der Waals surface area contributed by atoms with Gasteiger partial charge in [-0.1, -0.05) is 0 Å². The maximum atomic E-state index is 12.5. The summed E-state index contributed by atoms with van der Waals surface area (Å²) in [5.74, 6) is 4.30. The standard InChI is InChI=1S/C15H17N2O7/c1-15(2,3)17(4,16)14(20)24-11-8-6(12(18)21-5)7-9(22-8)10(11)23-13(7)19/h16H2,1-5H3/q+1. The molecule has 3 rings (SSSR count). The molecule has 2 aromatic heterocycles. The van der Waals surface area contributed by atoms with E-state index in [1.54, 1.807) is 20.8 Å². The molecular formula is C15H17N2O7+. The molecule has 0 spiro atoms. The van der Waals surface area contributed by atoms with E-state index in [9.17, 15) is 14.4 Å². The van der Waals surface area contributed by atoms with Gasteiger partial charge in [-0.15, -0.1) is 4.59 Å². The minimum atomic E-state index is -0.803. The van der Waals surface area contributed by atoms with E-state index in [1.165, 1.54) is 7.05 Å². The lowest BCUT2D eigenvalue weighted by atomic mass is 10.1.